The van der Waals surface area contributed by atoms with Crippen LogP contribution < -0.4 is 0 Å². The Kier molecular flexibility index (Phi) is 3.11. The highest BCUT2D eigenvalue weighted by Crippen LogP contribution is 2.31. The highest BCUT2D eigenvalue weighted by molar-refractivity contribution is 7.17. The third kappa shape index (κ3) is 2.28. The van der Waals surface area contributed by atoms with Crippen molar-refractivity contribution < 1.29 is 9.90 Å². The highest BCUT2D eigenvalue weighted by Gasteiger charge is 2.16. The van der Waals surface area contributed by atoms with E-state index in [9.17, 15) is 4.79 Å². The molecule has 0 fully saturated rings. The zero-order valence-corrected chi connectivity index (χ0v) is 11.6. The summed E-state index contributed by atoms with van der Waals surface area (Å²) in [7, 11) is 0. The van der Waals surface area contributed by atoms with Crippen LogP contribution in [0, 0.1) is 6.92 Å². The number of carbonyl (C=O) groups is 1. The zero-order valence-electron chi connectivity index (χ0n) is 10.8. The smallest absolute Gasteiger partial charge is 0.347 e. The minimum Gasteiger partial charge on any atom is -0.477 e. The van der Waals surface area contributed by atoms with Crippen LogP contribution in [0.2, 0.25) is 0 Å². The summed E-state index contributed by atoms with van der Waals surface area (Å²) in [4.78, 5) is 15.8. The maximum Gasteiger partial charge on any atom is 0.347 e. The summed E-state index contributed by atoms with van der Waals surface area (Å²) in [6.07, 6.45) is 4.80. The van der Waals surface area contributed by atoms with Crippen LogP contribution in [0.3, 0.4) is 0 Å². The summed E-state index contributed by atoms with van der Waals surface area (Å²) < 4.78 is 0. The van der Waals surface area contributed by atoms with Gasteiger partial charge in [-0.3, -0.25) is 0 Å². The number of carboxylic acids is 1. The van der Waals surface area contributed by atoms with E-state index in [0.29, 0.717) is 10.6 Å². The van der Waals surface area contributed by atoms with Gasteiger partial charge in [0, 0.05) is 5.56 Å². The molecular formula is C15H15NO2S. The van der Waals surface area contributed by atoms with E-state index in [4.69, 9.17) is 5.11 Å². The molecule has 3 nitrogen and oxygen atoms in total. The number of fused-ring (bicyclic) bond motifs is 1. The van der Waals surface area contributed by atoms with Crippen molar-refractivity contribution in [2.45, 2.75) is 32.6 Å². The van der Waals surface area contributed by atoms with Gasteiger partial charge in [0.05, 0.1) is 5.69 Å². The third-order valence-corrected chi connectivity index (χ3v) is 4.78. The van der Waals surface area contributed by atoms with Gasteiger partial charge in [0.15, 0.2) is 0 Å². The highest BCUT2D eigenvalue weighted by atomic mass is 32.1. The summed E-state index contributed by atoms with van der Waals surface area (Å²) in [6.45, 7) is 1.75. The van der Waals surface area contributed by atoms with Crippen LogP contribution in [0.1, 0.15) is 39.3 Å². The van der Waals surface area contributed by atoms with Crippen molar-refractivity contribution in [3.63, 3.8) is 0 Å². The first kappa shape index (κ1) is 12.4. The van der Waals surface area contributed by atoms with E-state index >= 15 is 0 Å². The van der Waals surface area contributed by atoms with Gasteiger partial charge in [0.2, 0.25) is 0 Å². The number of benzene rings is 1. The Morgan fingerprint density at radius 3 is 2.68 bits per heavy atom. The van der Waals surface area contributed by atoms with Gasteiger partial charge in [0.1, 0.15) is 9.88 Å². The maximum absolute atomic E-state index is 11.1. The first-order valence-electron chi connectivity index (χ1n) is 6.48. The van der Waals surface area contributed by atoms with Gasteiger partial charge in [-0.15, -0.1) is 11.3 Å². The zero-order chi connectivity index (χ0) is 13.4. The number of thiazole rings is 1. The van der Waals surface area contributed by atoms with E-state index in [-0.39, 0.29) is 0 Å². The minimum atomic E-state index is -0.890. The van der Waals surface area contributed by atoms with Crippen LogP contribution in [0.4, 0.5) is 0 Å². The lowest BCUT2D eigenvalue weighted by Gasteiger charge is -2.15. The molecule has 0 saturated heterocycles. The average Bonchev–Trinajstić information content (AvgIpc) is 2.80. The second kappa shape index (κ2) is 4.78. The number of hydrogen-bond donors (Lipinski definition) is 1. The van der Waals surface area contributed by atoms with E-state index in [1.54, 1.807) is 6.92 Å². The minimum absolute atomic E-state index is 0.340. The largest absolute Gasteiger partial charge is 0.477 e. The van der Waals surface area contributed by atoms with Gasteiger partial charge < -0.3 is 5.11 Å². The van der Waals surface area contributed by atoms with Crippen molar-refractivity contribution in [2.75, 3.05) is 0 Å². The number of aromatic nitrogens is 1. The first-order chi connectivity index (χ1) is 9.15. The number of aromatic carboxylic acids is 1. The number of aryl methyl sites for hydroxylation is 3. The fourth-order valence-corrected chi connectivity index (χ4v) is 3.49. The van der Waals surface area contributed by atoms with Gasteiger partial charge in [-0.2, -0.15) is 0 Å². The molecule has 19 heavy (non-hydrogen) atoms. The lowest BCUT2D eigenvalue weighted by Crippen LogP contribution is -2.02. The number of hydrogen-bond acceptors (Lipinski definition) is 3. The lowest BCUT2D eigenvalue weighted by molar-refractivity contribution is 0.0701. The van der Waals surface area contributed by atoms with Crippen LogP contribution in [-0.2, 0) is 12.8 Å². The number of rotatable bonds is 2. The van der Waals surface area contributed by atoms with E-state index < -0.39 is 5.97 Å². The van der Waals surface area contributed by atoms with Crippen LogP contribution in [-0.4, -0.2) is 16.1 Å². The average molecular weight is 273 g/mol. The second-order valence-corrected chi connectivity index (χ2v) is 5.93. The SMILES string of the molecule is Cc1nc(-c2ccc3c(c2)CCCC3)sc1C(=O)O. The van der Waals surface area contributed by atoms with Gasteiger partial charge in [-0.1, -0.05) is 12.1 Å². The Morgan fingerprint density at radius 2 is 2.00 bits per heavy atom. The van der Waals surface area contributed by atoms with Crippen molar-refractivity contribution >= 4 is 17.3 Å². The topological polar surface area (TPSA) is 50.2 Å². The maximum atomic E-state index is 11.1. The summed E-state index contributed by atoms with van der Waals surface area (Å²) in [5, 5.41) is 9.90. The van der Waals surface area contributed by atoms with Crippen molar-refractivity contribution in [1.82, 2.24) is 4.98 Å². The third-order valence-electron chi connectivity index (χ3n) is 3.59. The normalized spacial score (nSPS) is 14.2. The molecule has 0 radical (unpaired) electrons. The van der Waals surface area contributed by atoms with Crippen LogP contribution >= 0.6 is 11.3 Å². The molecule has 1 N–H and O–H groups in total. The fourth-order valence-electron chi connectivity index (χ4n) is 2.58. The Hall–Kier alpha value is -1.68. The van der Waals surface area contributed by atoms with E-state index in [1.165, 1.54) is 35.3 Å². The fraction of sp³-hybridized carbons (Fsp3) is 0.333. The molecule has 1 aromatic carbocycles. The molecule has 0 bridgehead atoms. The molecule has 2 aromatic rings. The molecular weight excluding hydrogens is 258 g/mol. The molecule has 3 rings (SSSR count). The quantitative estimate of drug-likeness (QED) is 0.907. The Morgan fingerprint density at radius 1 is 1.26 bits per heavy atom. The van der Waals surface area contributed by atoms with Crippen molar-refractivity contribution in [2.24, 2.45) is 0 Å². The molecule has 4 heteroatoms. The predicted octanol–water partition coefficient (Wildman–Crippen LogP) is 3.70. The molecule has 1 aromatic heterocycles. The van der Waals surface area contributed by atoms with Crippen LogP contribution in [0.15, 0.2) is 18.2 Å². The molecule has 0 atom stereocenters. The summed E-state index contributed by atoms with van der Waals surface area (Å²) >= 11 is 1.26. The Labute approximate surface area is 115 Å². The molecule has 1 heterocycles. The molecule has 1 aliphatic rings. The molecule has 0 spiro atoms. The molecule has 0 amide bonds. The van der Waals surface area contributed by atoms with Crippen LogP contribution in [0.5, 0.6) is 0 Å². The van der Waals surface area contributed by atoms with Crippen molar-refractivity contribution in [1.29, 1.82) is 0 Å². The lowest BCUT2D eigenvalue weighted by atomic mass is 9.90. The summed E-state index contributed by atoms with van der Waals surface area (Å²) in [5.74, 6) is -0.890. The van der Waals surface area contributed by atoms with Gasteiger partial charge in [0.25, 0.3) is 0 Å². The van der Waals surface area contributed by atoms with E-state index in [2.05, 4.69) is 23.2 Å². The Balaban J connectivity index is 2.02. The molecule has 0 saturated carbocycles. The number of nitrogens with zero attached hydrogens (tertiary/aromatic N) is 1. The molecule has 0 aliphatic heterocycles. The van der Waals surface area contributed by atoms with Gasteiger partial charge in [-0.05, 0) is 49.8 Å². The monoisotopic (exact) mass is 273 g/mol. The van der Waals surface area contributed by atoms with E-state index in [0.717, 1.165) is 23.4 Å². The summed E-state index contributed by atoms with van der Waals surface area (Å²) in [5.41, 5.74) is 4.47. The van der Waals surface area contributed by atoms with Gasteiger partial charge in [-0.25, -0.2) is 9.78 Å². The molecule has 98 valence electrons. The first-order valence-corrected chi connectivity index (χ1v) is 7.29. The van der Waals surface area contributed by atoms with E-state index in [1.807, 2.05) is 0 Å². The standard InChI is InChI=1S/C15H15NO2S/c1-9-13(15(17)18)19-14(16-9)12-7-6-10-4-2-3-5-11(10)8-12/h6-8H,2-5H2,1H3,(H,17,18). The molecule has 1 aliphatic carbocycles. The van der Waals surface area contributed by atoms with Gasteiger partial charge >= 0.3 is 5.97 Å². The predicted molar refractivity (Wildman–Crippen MR) is 75.9 cm³/mol. The number of carboxylic acid groups (broad SMARTS) is 1. The summed E-state index contributed by atoms with van der Waals surface area (Å²) in [6, 6.07) is 6.41. The van der Waals surface area contributed by atoms with Crippen molar-refractivity contribution in [3.05, 3.63) is 39.9 Å². The second-order valence-electron chi connectivity index (χ2n) is 4.93. The van der Waals surface area contributed by atoms with Crippen molar-refractivity contribution in [3.8, 4) is 10.6 Å². The van der Waals surface area contributed by atoms with Crippen LogP contribution in [0.25, 0.3) is 10.6 Å². The molecule has 0 unspecified atom stereocenters. The Bertz CT molecular complexity index is 646.